The van der Waals surface area contributed by atoms with Crippen LogP contribution in [0.15, 0.2) is 82.3 Å². The van der Waals surface area contributed by atoms with Crippen LogP contribution in [0.3, 0.4) is 0 Å². The predicted octanol–water partition coefficient (Wildman–Crippen LogP) is 7.43. The second-order valence-electron chi connectivity index (χ2n) is 10.2. The van der Waals surface area contributed by atoms with E-state index in [0.29, 0.717) is 28.6 Å². The van der Waals surface area contributed by atoms with Crippen LogP contribution in [0, 0.1) is 13.8 Å². The van der Waals surface area contributed by atoms with Gasteiger partial charge < -0.3 is 13.7 Å². The molecule has 3 heterocycles. The van der Waals surface area contributed by atoms with Gasteiger partial charge in [0.1, 0.15) is 16.5 Å². The number of aryl methyl sites for hydroxylation is 2. The molecule has 0 aliphatic rings. The maximum atomic E-state index is 13.6. The van der Waals surface area contributed by atoms with Crippen LogP contribution in [0.25, 0.3) is 27.6 Å². The number of imidazole rings is 1. The first-order chi connectivity index (χ1) is 19.8. The summed E-state index contributed by atoms with van der Waals surface area (Å²) in [7, 11) is -3.98. The summed E-state index contributed by atoms with van der Waals surface area (Å²) in [5.74, 6) is 1.75. The van der Waals surface area contributed by atoms with Crippen molar-refractivity contribution in [3.63, 3.8) is 0 Å². The van der Waals surface area contributed by atoms with E-state index < -0.39 is 10.0 Å². The van der Waals surface area contributed by atoms with Gasteiger partial charge in [-0.05, 0) is 62.2 Å². The summed E-state index contributed by atoms with van der Waals surface area (Å²) in [6, 6.07) is 20.8. The van der Waals surface area contributed by atoms with Crippen LogP contribution < -0.4 is 4.72 Å². The molecule has 6 aromatic rings. The van der Waals surface area contributed by atoms with Crippen LogP contribution in [-0.4, -0.2) is 27.7 Å². The van der Waals surface area contributed by atoms with Gasteiger partial charge in [-0.3, -0.25) is 4.72 Å². The van der Waals surface area contributed by atoms with Crippen molar-refractivity contribution in [1.29, 1.82) is 0 Å². The first-order valence-electron chi connectivity index (χ1n) is 13.6. The molecule has 6 rings (SSSR count). The van der Waals surface area contributed by atoms with E-state index in [-0.39, 0.29) is 10.7 Å². The number of fused-ring (bicyclic) bond motifs is 2. The van der Waals surface area contributed by atoms with E-state index in [9.17, 15) is 8.42 Å². The Kier molecular flexibility index (Phi) is 7.09. The summed E-state index contributed by atoms with van der Waals surface area (Å²) < 4.78 is 39.3. The van der Waals surface area contributed by atoms with E-state index in [4.69, 9.17) is 21.1 Å². The molecule has 0 fully saturated rings. The molecule has 0 saturated carbocycles. The summed E-state index contributed by atoms with van der Waals surface area (Å²) in [6.07, 6.45) is 4.97. The lowest BCUT2D eigenvalue weighted by atomic mass is 10.1. The molecule has 3 aromatic heterocycles. The molecular weight excluding hydrogens is 558 g/mol. The maximum absolute atomic E-state index is 13.6. The number of anilines is 1. The first kappa shape index (κ1) is 27.1. The van der Waals surface area contributed by atoms with Crippen LogP contribution in [0.2, 0.25) is 5.02 Å². The van der Waals surface area contributed by atoms with Crippen molar-refractivity contribution in [2.24, 2.45) is 0 Å². The molecule has 0 spiro atoms. The minimum absolute atomic E-state index is 0.138. The zero-order valence-corrected chi connectivity index (χ0v) is 24.6. The van der Waals surface area contributed by atoms with E-state index in [1.54, 1.807) is 26.0 Å². The van der Waals surface area contributed by atoms with Gasteiger partial charge in [-0.25, -0.2) is 13.4 Å². The molecule has 10 heteroatoms. The molecule has 41 heavy (non-hydrogen) atoms. The van der Waals surface area contributed by atoms with Gasteiger partial charge in [0.2, 0.25) is 0 Å². The molecule has 210 valence electrons. The molecule has 0 bridgehead atoms. The fourth-order valence-electron chi connectivity index (χ4n) is 5.18. The van der Waals surface area contributed by atoms with Gasteiger partial charge in [-0.15, -0.1) is 0 Å². The van der Waals surface area contributed by atoms with Crippen LogP contribution in [0.1, 0.15) is 42.5 Å². The molecule has 0 radical (unpaired) electrons. The second-order valence-corrected chi connectivity index (χ2v) is 12.3. The van der Waals surface area contributed by atoms with Crippen molar-refractivity contribution < 1.29 is 12.9 Å². The Morgan fingerprint density at radius 1 is 1.00 bits per heavy atom. The van der Waals surface area contributed by atoms with E-state index in [1.807, 2.05) is 59.3 Å². The van der Waals surface area contributed by atoms with Crippen LogP contribution in [0.4, 0.5) is 5.82 Å². The van der Waals surface area contributed by atoms with Gasteiger partial charge in [0.05, 0.1) is 28.8 Å². The fourth-order valence-corrected chi connectivity index (χ4v) is 6.60. The van der Waals surface area contributed by atoms with Gasteiger partial charge >= 0.3 is 0 Å². The molecule has 8 nitrogen and oxygen atoms in total. The lowest BCUT2D eigenvalue weighted by Crippen LogP contribution is -2.16. The first-order valence-corrected chi connectivity index (χ1v) is 15.4. The van der Waals surface area contributed by atoms with Crippen LogP contribution in [-0.2, 0) is 23.0 Å². The summed E-state index contributed by atoms with van der Waals surface area (Å²) in [5.41, 5.74) is 5.02. The average Bonchev–Trinajstić information content (AvgIpc) is 3.61. The number of nitrogens with one attached hydrogen (secondary N) is 1. The Morgan fingerprint density at radius 3 is 2.56 bits per heavy atom. The van der Waals surface area contributed by atoms with E-state index >= 15 is 0 Å². The number of nitrogens with zero attached hydrogens (tertiary/aromatic N) is 4. The van der Waals surface area contributed by atoms with E-state index in [0.717, 1.165) is 52.6 Å². The van der Waals surface area contributed by atoms with Gasteiger partial charge in [0.15, 0.2) is 5.82 Å². The van der Waals surface area contributed by atoms with E-state index in [1.165, 1.54) is 0 Å². The highest BCUT2D eigenvalue weighted by Crippen LogP contribution is 2.32. The Bertz CT molecular complexity index is 2010. The molecule has 3 aromatic carbocycles. The number of halogens is 1. The van der Waals surface area contributed by atoms with Crippen molar-refractivity contribution in [3.8, 4) is 5.69 Å². The molecule has 0 aliphatic heterocycles. The number of sulfonamides is 1. The fraction of sp³-hybridized carbons (Fsp3) is 0.226. The number of hydrogen-bond donors (Lipinski definition) is 1. The Morgan fingerprint density at radius 2 is 1.78 bits per heavy atom. The highest BCUT2D eigenvalue weighted by Gasteiger charge is 2.24. The summed E-state index contributed by atoms with van der Waals surface area (Å²) in [4.78, 5) is 5.06. The van der Waals surface area contributed by atoms with Gasteiger partial charge in [0.25, 0.3) is 10.0 Å². The third-order valence-electron chi connectivity index (χ3n) is 7.47. The zero-order chi connectivity index (χ0) is 28.7. The second kappa shape index (κ2) is 10.7. The molecular formula is C31H30ClN5O3S. The van der Waals surface area contributed by atoms with Crippen molar-refractivity contribution in [3.05, 3.63) is 101 Å². The van der Waals surface area contributed by atoms with Gasteiger partial charge in [-0.2, -0.15) is 0 Å². The standard InChI is InChI=1S/C31H30ClN5O3S/c1-4-5-14-30-33-25-17-23(32)15-16-27(25)37(30)19-22-18-36(26-11-7-6-10-24(22)26)28-12-8-9-13-29(28)41(38,39)35-31-20(2)21(3)40-34-31/h6-13,15-18H,4-5,14,19H2,1-3H3,(H,34,35). The third-order valence-corrected chi connectivity index (χ3v) is 9.09. The Labute approximate surface area is 243 Å². The monoisotopic (exact) mass is 587 g/mol. The lowest BCUT2D eigenvalue weighted by molar-refractivity contribution is 0.399. The predicted molar refractivity (Wildman–Crippen MR) is 163 cm³/mol. The Balaban J connectivity index is 1.47. The number of hydrogen-bond acceptors (Lipinski definition) is 5. The highest BCUT2D eigenvalue weighted by atomic mass is 35.5. The topological polar surface area (TPSA) is 95.0 Å². The zero-order valence-electron chi connectivity index (χ0n) is 23.1. The average molecular weight is 588 g/mol. The number of para-hydroxylation sites is 2. The van der Waals surface area contributed by atoms with Crippen LogP contribution >= 0.6 is 11.6 Å². The molecule has 0 aliphatic carbocycles. The largest absolute Gasteiger partial charge is 0.359 e. The lowest BCUT2D eigenvalue weighted by Gasteiger charge is -2.13. The Hall–Kier alpha value is -4.08. The molecule has 0 unspecified atom stereocenters. The third kappa shape index (κ3) is 5.00. The molecule has 0 saturated heterocycles. The minimum Gasteiger partial charge on any atom is -0.359 e. The SMILES string of the molecule is CCCCc1nc2cc(Cl)ccc2n1Cc1cn(-c2ccccc2S(=O)(=O)Nc2noc(C)c2C)c2ccccc12. The normalized spacial score (nSPS) is 12.0. The summed E-state index contributed by atoms with van der Waals surface area (Å²) >= 11 is 6.29. The number of rotatable bonds is 9. The summed E-state index contributed by atoms with van der Waals surface area (Å²) in [6.45, 7) is 6.26. The smallest absolute Gasteiger partial charge is 0.265 e. The molecule has 0 atom stereocenters. The molecule has 0 amide bonds. The van der Waals surface area contributed by atoms with Gasteiger partial charge in [-0.1, -0.05) is 60.4 Å². The van der Waals surface area contributed by atoms with E-state index in [2.05, 4.69) is 27.4 Å². The quantitative estimate of drug-likeness (QED) is 0.190. The minimum atomic E-state index is -3.98. The van der Waals surface area contributed by atoms with Crippen molar-refractivity contribution in [1.82, 2.24) is 19.3 Å². The number of benzene rings is 3. The highest BCUT2D eigenvalue weighted by molar-refractivity contribution is 7.92. The van der Waals surface area contributed by atoms with Crippen molar-refractivity contribution in [2.75, 3.05) is 4.72 Å². The number of aromatic nitrogens is 4. The van der Waals surface area contributed by atoms with Crippen molar-refractivity contribution in [2.45, 2.75) is 51.5 Å². The number of unbranched alkanes of at least 4 members (excludes halogenated alkanes) is 1. The van der Waals surface area contributed by atoms with Gasteiger partial charge in [0, 0.05) is 28.6 Å². The van der Waals surface area contributed by atoms with Crippen LogP contribution in [0.5, 0.6) is 0 Å². The molecule has 1 N–H and O–H groups in total. The maximum Gasteiger partial charge on any atom is 0.265 e. The van der Waals surface area contributed by atoms with Crippen molar-refractivity contribution >= 4 is 49.4 Å². The summed E-state index contributed by atoms with van der Waals surface area (Å²) in [5, 5.41) is 5.59.